The molecule has 0 bridgehead atoms. The number of aromatic carboxylic acids is 1. The number of hydrogen-bond acceptors (Lipinski definition) is 6. The fraction of sp³-hybridized carbons (Fsp3) is 0.444. The maximum Gasteiger partial charge on any atom is 0.338 e. The summed E-state index contributed by atoms with van der Waals surface area (Å²) in [6, 6.07) is 10.8. The minimum absolute atomic E-state index is 0.106. The Morgan fingerprint density at radius 2 is 1.37 bits per heavy atom. The third-order valence-corrected chi connectivity index (χ3v) is 6.09. The number of carboxylic acids is 1. The fourth-order valence-electron chi connectivity index (χ4n) is 3.51. The molecule has 1 saturated heterocycles. The molecule has 0 aliphatic carbocycles. The van der Waals surface area contributed by atoms with Crippen LogP contribution in [0.2, 0.25) is 0 Å². The molecular formula is C27H35FO6S. The van der Waals surface area contributed by atoms with E-state index >= 15 is 0 Å². The van der Waals surface area contributed by atoms with Crippen molar-refractivity contribution in [1.82, 2.24) is 0 Å². The van der Waals surface area contributed by atoms with Crippen LogP contribution >= 0.6 is 11.8 Å². The number of carboxylic acid groups (broad SMARTS) is 1. The van der Waals surface area contributed by atoms with Crippen molar-refractivity contribution in [1.29, 1.82) is 0 Å². The van der Waals surface area contributed by atoms with Crippen molar-refractivity contribution >= 4 is 29.7 Å². The molecule has 0 amide bonds. The van der Waals surface area contributed by atoms with Gasteiger partial charge < -0.3 is 14.6 Å². The second kappa shape index (κ2) is 14.5. The van der Waals surface area contributed by atoms with Crippen LogP contribution in [0.1, 0.15) is 70.2 Å². The van der Waals surface area contributed by atoms with Crippen LogP contribution in [0, 0.1) is 27.7 Å². The second-order valence-corrected chi connectivity index (χ2v) is 9.55. The van der Waals surface area contributed by atoms with Gasteiger partial charge in [0.2, 0.25) is 0 Å². The lowest BCUT2D eigenvalue weighted by molar-refractivity contribution is -0.144. The lowest BCUT2D eigenvalue weighted by Gasteiger charge is -2.12. The third-order valence-electron chi connectivity index (χ3n) is 4.72. The van der Waals surface area contributed by atoms with Gasteiger partial charge in [-0.1, -0.05) is 48.2 Å². The molecule has 0 aromatic heterocycles. The molecule has 2 aromatic rings. The van der Waals surface area contributed by atoms with E-state index in [1.165, 1.54) is 18.7 Å². The predicted molar refractivity (Wildman–Crippen MR) is 137 cm³/mol. The minimum Gasteiger partial charge on any atom is -0.478 e. The van der Waals surface area contributed by atoms with Crippen molar-refractivity contribution in [3.8, 4) is 0 Å². The maximum absolute atomic E-state index is 13.7. The monoisotopic (exact) mass is 506 g/mol. The van der Waals surface area contributed by atoms with Crippen LogP contribution in [-0.2, 0) is 14.3 Å². The number of ether oxygens (including phenoxy) is 2. The molecule has 35 heavy (non-hydrogen) atoms. The molecule has 8 heteroatoms. The second-order valence-electron chi connectivity index (χ2n) is 8.14. The van der Waals surface area contributed by atoms with E-state index in [2.05, 4.69) is 0 Å². The van der Waals surface area contributed by atoms with E-state index in [-0.39, 0.29) is 18.3 Å². The van der Waals surface area contributed by atoms with Crippen molar-refractivity contribution in [2.45, 2.75) is 71.7 Å². The van der Waals surface area contributed by atoms with Gasteiger partial charge in [-0.05, 0) is 58.4 Å². The first kappa shape index (κ1) is 30.2. The van der Waals surface area contributed by atoms with Crippen molar-refractivity contribution in [3.63, 3.8) is 0 Å². The van der Waals surface area contributed by atoms with Gasteiger partial charge in [0.15, 0.2) is 5.44 Å². The zero-order chi connectivity index (χ0) is 26.7. The van der Waals surface area contributed by atoms with Crippen molar-refractivity contribution < 1.29 is 33.4 Å². The summed E-state index contributed by atoms with van der Waals surface area (Å²) in [6.07, 6.45) is -1.01. The normalized spacial score (nSPS) is 18.3. The number of esters is 2. The Balaban J connectivity index is 0.000000395. The fourth-order valence-corrected chi connectivity index (χ4v) is 4.80. The predicted octanol–water partition coefficient (Wildman–Crippen LogP) is 6.22. The van der Waals surface area contributed by atoms with Gasteiger partial charge in [0.25, 0.3) is 0 Å². The summed E-state index contributed by atoms with van der Waals surface area (Å²) in [6.45, 7) is 13.0. The molecule has 1 heterocycles. The Morgan fingerprint density at radius 3 is 1.80 bits per heavy atom. The van der Waals surface area contributed by atoms with E-state index in [1.807, 2.05) is 53.7 Å². The molecule has 3 rings (SSSR count). The van der Waals surface area contributed by atoms with Gasteiger partial charge in [0, 0.05) is 12.2 Å². The molecule has 6 nitrogen and oxygen atoms in total. The Hall–Kier alpha value is -2.87. The largest absolute Gasteiger partial charge is 0.478 e. The number of thioether (sulfide) groups is 1. The van der Waals surface area contributed by atoms with E-state index < -0.39 is 29.5 Å². The Labute approximate surface area is 211 Å². The molecule has 3 unspecified atom stereocenters. The molecule has 3 atom stereocenters. The molecule has 2 aromatic carbocycles. The first-order chi connectivity index (χ1) is 16.4. The molecule has 0 radical (unpaired) electrons. The standard InChI is InChI=1S/C16H19FO4S.C9H10O2.C2H6/c1-9-4-10(2)6-12(5-9)15(19)20-8-13-7-14(17)16(22-13)21-11(3)18;1-6-3-7(2)5-8(4-6)9(10)11;1-2/h4-6,13-14,16H,7-8H2,1-3H3;3-5H,1-2H3,(H,10,11);1-2H3. The number of alkyl halides is 1. The van der Waals surface area contributed by atoms with Crippen molar-refractivity contribution in [3.05, 3.63) is 69.8 Å². The van der Waals surface area contributed by atoms with Gasteiger partial charge in [-0.25, -0.2) is 14.0 Å². The van der Waals surface area contributed by atoms with Gasteiger partial charge in [-0.3, -0.25) is 4.79 Å². The summed E-state index contributed by atoms with van der Waals surface area (Å²) < 4.78 is 23.9. The summed E-state index contributed by atoms with van der Waals surface area (Å²) in [5, 5.41) is 8.43. The summed E-state index contributed by atoms with van der Waals surface area (Å²) in [4.78, 5) is 33.4. The van der Waals surface area contributed by atoms with Crippen LogP contribution in [-0.4, -0.2) is 46.5 Å². The lowest BCUT2D eigenvalue weighted by atomic mass is 10.1. The van der Waals surface area contributed by atoms with Crippen LogP contribution in [0.5, 0.6) is 0 Å². The molecule has 1 fully saturated rings. The molecular weight excluding hydrogens is 471 g/mol. The molecule has 192 valence electrons. The van der Waals surface area contributed by atoms with E-state index in [0.717, 1.165) is 22.3 Å². The summed E-state index contributed by atoms with van der Waals surface area (Å²) in [5.41, 5.74) is 4.01. The minimum atomic E-state index is -1.22. The molecule has 0 saturated carbocycles. The third kappa shape index (κ3) is 10.5. The average molecular weight is 507 g/mol. The highest BCUT2D eigenvalue weighted by Crippen LogP contribution is 2.37. The summed E-state index contributed by atoms with van der Waals surface area (Å²) >= 11 is 1.20. The molecule has 1 N–H and O–H groups in total. The van der Waals surface area contributed by atoms with Crippen LogP contribution in [0.15, 0.2) is 36.4 Å². The molecule has 1 aliphatic heterocycles. The quantitative estimate of drug-likeness (QED) is 0.481. The first-order valence-corrected chi connectivity index (χ1v) is 12.4. The topological polar surface area (TPSA) is 89.9 Å². The van der Waals surface area contributed by atoms with Gasteiger partial charge in [-0.2, -0.15) is 0 Å². The summed E-state index contributed by atoms with van der Waals surface area (Å²) in [7, 11) is 0. The number of hydrogen-bond donors (Lipinski definition) is 1. The maximum atomic E-state index is 13.7. The van der Waals surface area contributed by atoms with Crippen molar-refractivity contribution in [2.24, 2.45) is 0 Å². The highest BCUT2D eigenvalue weighted by atomic mass is 32.2. The summed E-state index contributed by atoms with van der Waals surface area (Å²) in [5.74, 6) is -1.79. The Bertz CT molecular complexity index is 982. The van der Waals surface area contributed by atoms with Crippen LogP contribution in [0.25, 0.3) is 0 Å². The Kier molecular flexibility index (Phi) is 12.5. The molecule has 0 spiro atoms. The number of benzene rings is 2. The van der Waals surface area contributed by atoms with Crippen LogP contribution in [0.4, 0.5) is 4.39 Å². The zero-order valence-corrected chi connectivity index (χ0v) is 22.2. The lowest BCUT2D eigenvalue weighted by Crippen LogP contribution is -2.18. The number of aryl methyl sites for hydroxylation is 4. The van der Waals surface area contributed by atoms with Gasteiger partial charge in [-0.15, -0.1) is 11.8 Å². The number of rotatable bonds is 5. The number of halogens is 1. The smallest absolute Gasteiger partial charge is 0.338 e. The van der Waals surface area contributed by atoms with Crippen molar-refractivity contribution in [2.75, 3.05) is 6.61 Å². The van der Waals surface area contributed by atoms with E-state index in [1.54, 1.807) is 24.3 Å². The number of carbonyl (C=O) groups excluding carboxylic acids is 2. The zero-order valence-electron chi connectivity index (χ0n) is 21.4. The van der Waals surface area contributed by atoms with E-state index in [9.17, 15) is 18.8 Å². The van der Waals surface area contributed by atoms with Gasteiger partial charge in [0.05, 0.1) is 11.1 Å². The van der Waals surface area contributed by atoms with Crippen LogP contribution < -0.4 is 0 Å². The molecule has 1 aliphatic rings. The van der Waals surface area contributed by atoms with E-state index in [4.69, 9.17) is 14.6 Å². The van der Waals surface area contributed by atoms with Gasteiger partial charge >= 0.3 is 17.9 Å². The van der Waals surface area contributed by atoms with Gasteiger partial charge in [0.1, 0.15) is 12.8 Å². The highest BCUT2D eigenvalue weighted by Gasteiger charge is 2.38. The van der Waals surface area contributed by atoms with E-state index in [0.29, 0.717) is 11.1 Å². The SMILES string of the molecule is CC.CC(=O)OC1SC(COC(=O)c2cc(C)cc(C)c2)CC1F.Cc1cc(C)cc(C(=O)O)c1. The first-order valence-electron chi connectivity index (χ1n) is 11.5. The average Bonchev–Trinajstić information content (AvgIpc) is 3.11. The Morgan fingerprint density at radius 1 is 0.914 bits per heavy atom. The highest BCUT2D eigenvalue weighted by molar-refractivity contribution is 8.00. The number of carbonyl (C=O) groups is 3. The van der Waals surface area contributed by atoms with Crippen LogP contribution in [0.3, 0.4) is 0 Å².